The van der Waals surface area contributed by atoms with Gasteiger partial charge in [0.25, 0.3) is 0 Å². The average molecular weight is 299 g/mol. The van der Waals surface area contributed by atoms with Crippen molar-refractivity contribution < 1.29 is 8.42 Å². The van der Waals surface area contributed by atoms with Crippen molar-refractivity contribution in [1.29, 1.82) is 10.5 Å². The third-order valence-electron chi connectivity index (χ3n) is 3.11. The highest BCUT2D eigenvalue weighted by Gasteiger charge is 2.23. The van der Waals surface area contributed by atoms with Gasteiger partial charge in [-0.2, -0.15) is 10.5 Å². The second-order valence-electron chi connectivity index (χ2n) is 4.88. The molecule has 0 radical (unpaired) electrons. The van der Waals surface area contributed by atoms with Crippen LogP contribution in [0.2, 0.25) is 0 Å². The number of rotatable bonds is 12. The summed E-state index contributed by atoms with van der Waals surface area (Å²) in [6.45, 7) is 2.44. The minimum absolute atomic E-state index is 0.348. The van der Waals surface area contributed by atoms with Crippen molar-refractivity contribution in [1.82, 2.24) is 4.72 Å². The van der Waals surface area contributed by atoms with E-state index in [9.17, 15) is 8.42 Å². The van der Waals surface area contributed by atoms with Crippen LogP contribution in [0.5, 0.6) is 0 Å². The summed E-state index contributed by atoms with van der Waals surface area (Å²) in [5, 5.41) is 16.4. The molecule has 0 aromatic rings. The Morgan fingerprint density at radius 1 is 1.05 bits per heavy atom. The predicted octanol–water partition coefficient (Wildman–Crippen LogP) is 2.85. The fourth-order valence-electron chi connectivity index (χ4n) is 1.87. The molecule has 0 spiro atoms. The molecule has 20 heavy (non-hydrogen) atoms. The highest BCUT2D eigenvalue weighted by atomic mass is 32.2. The Balaban J connectivity index is 3.99. The third-order valence-corrected chi connectivity index (χ3v) is 4.80. The lowest BCUT2D eigenvalue weighted by Crippen LogP contribution is -2.34. The summed E-state index contributed by atoms with van der Waals surface area (Å²) in [7, 11) is -3.53. The molecule has 6 heteroatoms. The lowest BCUT2D eigenvalue weighted by Gasteiger charge is -2.11. The first-order valence-electron chi connectivity index (χ1n) is 7.33. The molecule has 1 unspecified atom stereocenters. The van der Waals surface area contributed by atoms with E-state index < -0.39 is 15.3 Å². The molecule has 0 aromatic carbocycles. The van der Waals surface area contributed by atoms with Crippen LogP contribution in [0.3, 0.4) is 0 Å². The number of unbranched alkanes of at least 4 members (excludes halogenated alkanes) is 6. The maximum Gasteiger partial charge on any atom is 0.227 e. The minimum Gasteiger partial charge on any atom is -0.214 e. The Labute approximate surface area is 123 Å². The summed E-state index contributed by atoms with van der Waals surface area (Å²) in [6.07, 6.45) is 7.13. The first kappa shape index (κ1) is 18.9. The summed E-state index contributed by atoms with van der Waals surface area (Å²) in [5.41, 5.74) is 0. The predicted molar refractivity (Wildman–Crippen MR) is 79.2 cm³/mol. The van der Waals surface area contributed by atoms with Gasteiger partial charge in [-0.1, -0.05) is 39.0 Å². The van der Waals surface area contributed by atoms with Crippen LogP contribution >= 0.6 is 0 Å². The summed E-state index contributed by atoms with van der Waals surface area (Å²) in [5.74, 6) is 0. The molecule has 0 saturated carbocycles. The van der Waals surface area contributed by atoms with E-state index in [4.69, 9.17) is 10.5 Å². The van der Waals surface area contributed by atoms with Crippen LogP contribution in [-0.2, 0) is 10.0 Å². The second-order valence-corrected chi connectivity index (χ2v) is 6.82. The van der Waals surface area contributed by atoms with Gasteiger partial charge < -0.3 is 0 Å². The summed E-state index contributed by atoms with van der Waals surface area (Å²) < 4.78 is 26.4. The van der Waals surface area contributed by atoms with Crippen molar-refractivity contribution in [2.75, 3.05) is 6.54 Å². The minimum atomic E-state index is -3.53. The number of nitriles is 2. The van der Waals surface area contributed by atoms with E-state index in [1.165, 1.54) is 0 Å². The van der Waals surface area contributed by atoms with E-state index in [1.807, 2.05) is 6.07 Å². The van der Waals surface area contributed by atoms with Gasteiger partial charge in [0, 0.05) is 13.0 Å². The van der Waals surface area contributed by atoms with E-state index >= 15 is 0 Å². The Kier molecular flexibility index (Phi) is 11.0. The number of nitrogens with one attached hydrogen (secondary N) is 1. The van der Waals surface area contributed by atoms with E-state index in [0.717, 1.165) is 38.5 Å². The monoisotopic (exact) mass is 299 g/mol. The largest absolute Gasteiger partial charge is 0.227 e. The lowest BCUT2D eigenvalue weighted by molar-refractivity contribution is 0.556. The molecule has 0 bridgehead atoms. The fourth-order valence-corrected chi connectivity index (χ4v) is 3.11. The molecule has 114 valence electrons. The van der Waals surface area contributed by atoms with Gasteiger partial charge in [-0.3, -0.25) is 0 Å². The smallest absolute Gasteiger partial charge is 0.214 e. The van der Waals surface area contributed by atoms with Crippen LogP contribution in [0.25, 0.3) is 0 Å². The van der Waals surface area contributed by atoms with E-state index in [-0.39, 0.29) is 0 Å². The topological polar surface area (TPSA) is 93.8 Å². The number of sulfonamides is 1. The quantitative estimate of drug-likeness (QED) is 0.561. The van der Waals surface area contributed by atoms with Crippen LogP contribution in [0.4, 0.5) is 0 Å². The van der Waals surface area contributed by atoms with Crippen molar-refractivity contribution in [3.05, 3.63) is 0 Å². The summed E-state index contributed by atoms with van der Waals surface area (Å²) >= 11 is 0. The summed E-state index contributed by atoms with van der Waals surface area (Å²) in [6, 6.07) is 3.94. The number of nitrogens with zero attached hydrogens (tertiary/aromatic N) is 2. The molecule has 0 aliphatic carbocycles. The molecule has 1 N–H and O–H groups in total. The maximum atomic E-state index is 11.9. The zero-order valence-electron chi connectivity index (χ0n) is 12.3. The van der Waals surface area contributed by atoms with Crippen molar-refractivity contribution in [2.24, 2.45) is 0 Å². The molecular formula is C14H25N3O2S. The van der Waals surface area contributed by atoms with Crippen molar-refractivity contribution in [3.63, 3.8) is 0 Å². The van der Waals surface area contributed by atoms with Crippen LogP contribution in [-0.4, -0.2) is 20.2 Å². The zero-order chi connectivity index (χ0) is 15.3. The standard InChI is InChI=1S/C14H25N3O2S/c1-2-3-4-7-10-14(13-16)20(18,19)17-12-9-6-5-8-11-15/h14,17H,2-10,12H2,1H3. The van der Waals surface area contributed by atoms with E-state index in [0.29, 0.717) is 25.8 Å². The van der Waals surface area contributed by atoms with Crippen molar-refractivity contribution >= 4 is 10.0 Å². The zero-order valence-corrected chi connectivity index (χ0v) is 13.1. The molecule has 0 aromatic heterocycles. The van der Waals surface area contributed by atoms with Gasteiger partial charge in [-0.05, 0) is 19.3 Å². The van der Waals surface area contributed by atoms with Crippen LogP contribution in [0.15, 0.2) is 0 Å². The van der Waals surface area contributed by atoms with Crippen LogP contribution in [0, 0.1) is 22.7 Å². The fraction of sp³-hybridized carbons (Fsp3) is 0.857. The SMILES string of the molecule is CCCCCCC(C#N)S(=O)(=O)NCCCCCC#N. The molecule has 0 fully saturated rings. The average Bonchev–Trinajstić information content (AvgIpc) is 2.42. The van der Waals surface area contributed by atoms with Gasteiger partial charge in [-0.15, -0.1) is 0 Å². The highest BCUT2D eigenvalue weighted by molar-refractivity contribution is 7.90. The maximum absolute atomic E-state index is 11.9. The number of hydrogen-bond acceptors (Lipinski definition) is 4. The Bertz CT molecular complexity index is 421. The summed E-state index contributed by atoms with van der Waals surface area (Å²) in [4.78, 5) is 0. The third kappa shape index (κ3) is 8.90. The molecule has 0 aliphatic heterocycles. The van der Waals surface area contributed by atoms with Crippen molar-refractivity contribution in [3.8, 4) is 12.1 Å². The molecule has 0 aliphatic rings. The van der Waals surface area contributed by atoms with Gasteiger partial charge in [0.2, 0.25) is 10.0 Å². The first-order chi connectivity index (χ1) is 9.58. The van der Waals surface area contributed by atoms with E-state index in [1.54, 1.807) is 0 Å². The molecule has 0 saturated heterocycles. The van der Waals surface area contributed by atoms with E-state index in [2.05, 4.69) is 17.7 Å². The molecule has 1 atom stereocenters. The number of hydrogen-bond donors (Lipinski definition) is 1. The Hall–Kier alpha value is -1.11. The van der Waals surface area contributed by atoms with Crippen LogP contribution < -0.4 is 4.72 Å². The Morgan fingerprint density at radius 3 is 2.35 bits per heavy atom. The molecule has 5 nitrogen and oxygen atoms in total. The molecule has 0 heterocycles. The highest BCUT2D eigenvalue weighted by Crippen LogP contribution is 2.11. The Morgan fingerprint density at radius 2 is 1.75 bits per heavy atom. The molecule has 0 rings (SSSR count). The van der Waals surface area contributed by atoms with Gasteiger partial charge in [-0.25, -0.2) is 13.1 Å². The van der Waals surface area contributed by atoms with Crippen molar-refractivity contribution in [2.45, 2.75) is 70.0 Å². The first-order valence-corrected chi connectivity index (χ1v) is 8.88. The van der Waals surface area contributed by atoms with Gasteiger partial charge in [0.1, 0.15) is 0 Å². The van der Waals surface area contributed by atoms with Crippen LogP contribution in [0.1, 0.15) is 64.7 Å². The van der Waals surface area contributed by atoms with Gasteiger partial charge >= 0.3 is 0 Å². The molecule has 0 amide bonds. The van der Waals surface area contributed by atoms with Gasteiger partial charge in [0.15, 0.2) is 5.25 Å². The normalized spacial score (nSPS) is 12.6. The second kappa shape index (κ2) is 11.7. The lowest BCUT2D eigenvalue weighted by atomic mass is 10.1. The van der Waals surface area contributed by atoms with Gasteiger partial charge in [0.05, 0.1) is 12.1 Å². The molecular weight excluding hydrogens is 274 g/mol.